The molecule has 2 rings (SSSR count). The summed E-state index contributed by atoms with van der Waals surface area (Å²) in [6.45, 7) is 3.62. The van der Waals surface area contributed by atoms with Crippen LogP contribution in [0.15, 0.2) is 18.2 Å². The third kappa shape index (κ3) is 4.86. The summed E-state index contributed by atoms with van der Waals surface area (Å²) in [6.07, 6.45) is 0.334. The van der Waals surface area contributed by atoms with Gasteiger partial charge in [0.15, 0.2) is 11.5 Å². The highest BCUT2D eigenvalue weighted by atomic mass is 16.7. The number of ether oxygens (including phenoxy) is 3. The van der Waals surface area contributed by atoms with Crippen LogP contribution in [0.25, 0.3) is 0 Å². The molecule has 6 heteroatoms. The van der Waals surface area contributed by atoms with E-state index in [1.807, 2.05) is 30.4 Å². The number of rotatable bonds is 9. The van der Waals surface area contributed by atoms with E-state index < -0.39 is 6.10 Å². The van der Waals surface area contributed by atoms with Crippen molar-refractivity contribution in [3.05, 3.63) is 23.8 Å². The Morgan fingerprint density at radius 1 is 1.33 bits per heavy atom. The molecule has 0 radical (unpaired) electrons. The summed E-state index contributed by atoms with van der Waals surface area (Å²) in [5.74, 6) is 1.49. The minimum atomic E-state index is -0.542. The molecule has 118 valence electrons. The third-order valence-electron chi connectivity index (χ3n) is 3.52. The Balaban J connectivity index is 1.67. The largest absolute Gasteiger partial charge is 0.454 e. The monoisotopic (exact) mass is 298 g/mol. The predicted octanol–water partition coefficient (Wildman–Crippen LogP) is -0.373. The van der Waals surface area contributed by atoms with E-state index in [0.29, 0.717) is 13.2 Å². The van der Waals surface area contributed by atoms with Gasteiger partial charge in [0, 0.05) is 0 Å². The Morgan fingerprint density at radius 2 is 2.14 bits per heavy atom. The quantitative estimate of drug-likeness (QED) is 0.579. The zero-order valence-electron chi connectivity index (χ0n) is 12.3. The second kappa shape index (κ2) is 8.19. The lowest BCUT2D eigenvalue weighted by Crippen LogP contribution is -2.92. The number of quaternary nitrogens is 1. The van der Waals surface area contributed by atoms with E-state index in [0.717, 1.165) is 23.5 Å². The SMILES string of the molecule is CC[C@H](CO)[NH2+]C[C@H](O)COCc1ccc2c(c1)OCO2. The highest BCUT2D eigenvalue weighted by Gasteiger charge is 2.14. The predicted molar refractivity (Wildman–Crippen MR) is 76.2 cm³/mol. The second-order valence-corrected chi connectivity index (χ2v) is 5.18. The second-order valence-electron chi connectivity index (χ2n) is 5.18. The average Bonchev–Trinajstić information content (AvgIpc) is 2.96. The molecule has 0 bridgehead atoms. The standard InChI is InChI=1S/C15H23NO5/c1-2-12(7-17)16-6-13(18)9-19-8-11-3-4-14-15(5-11)21-10-20-14/h3-5,12-13,16-18H,2,6-10H2,1H3/p+1/t12-,13+/m1/s1. The summed E-state index contributed by atoms with van der Waals surface area (Å²) < 4.78 is 16.1. The van der Waals surface area contributed by atoms with E-state index in [2.05, 4.69) is 0 Å². The van der Waals surface area contributed by atoms with E-state index in [1.54, 1.807) is 0 Å². The summed E-state index contributed by atoms with van der Waals surface area (Å²) >= 11 is 0. The molecular weight excluding hydrogens is 274 g/mol. The van der Waals surface area contributed by atoms with Gasteiger partial charge in [-0.15, -0.1) is 0 Å². The Morgan fingerprint density at radius 3 is 2.90 bits per heavy atom. The van der Waals surface area contributed by atoms with Gasteiger partial charge in [0.2, 0.25) is 6.79 Å². The van der Waals surface area contributed by atoms with E-state index in [-0.39, 0.29) is 26.0 Å². The van der Waals surface area contributed by atoms with Crippen LogP contribution in [0.4, 0.5) is 0 Å². The van der Waals surface area contributed by atoms with Crippen LogP contribution in [0, 0.1) is 0 Å². The molecule has 0 aromatic heterocycles. The van der Waals surface area contributed by atoms with Crippen molar-refractivity contribution < 1.29 is 29.7 Å². The molecule has 1 aromatic carbocycles. The maximum Gasteiger partial charge on any atom is 0.231 e. The van der Waals surface area contributed by atoms with Gasteiger partial charge in [-0.2, -0.15) is 0 Å². The molecule has 0 fully saturated rings. The third-order valence-corrected chi connectivity index (χ3v) is 3.52. The highest BCUT2D eigenvalue weighted by Crippen LogP contribution is 2.32. The van der Waals surface area contributed by atoms with Crippen LogP contribution in [-0.2, 0) is 11.3 Å². The molecule has 0 amide bonds. The smallest absolute Gasteiger partial charge is 0.231 e. The summed E-state index contributed by atoms with van der Waals surface area (Å²) in [6, 6.07) is 5.82. The number of nitrogens with two attached hydrogens (primary N) is 1. The van der Waals surface area contributed by atoms with Crippen molar-refractivity contribution in [1.82, 2.24) is 0 Å². The van der Waals surface area contributed by atoms with Crippen LogP contribution >= 0.6 is 0 Å². The van der Waals surface area contributed by atoms with Gasteiger partial charge in [-0.25, -0.2) is 0 Å². The molecule has 0 aliphatic carbocycles. The van der Waals surface area contributed by atoms with Crippen molar-refractivity contribution in [3.63, 3.8) is 0 Å². The van der Waals surface area contributed by atoms with Crippen molar-refractivity contribution in [2.45, 2.75) is 32.1 Å². The van der Waals surface area contributed by atoms with Gasteiger partial charge in [-0.3, -0.25) is 0 Å². The van der Waals surface area contributed by atoms with E-state index in [9.17, 15) is 5.11 Å². The molecule has 21 heavy (non-hydrogen) atoms. The van der Waals surface area contributed by atoms with Crippen LogP contribution in [0.5, 0.6) is 11.5 Å². The average molecular weight is 298 g/mol. The molecule has 1 aliphatic rings. The molecule has 0 saturated heterocycles. The number of aliphatic hydroxyl groups excluding tert-OH is 2. The number of hydrogen-bond donors (Lipinski definition) is 3. The van der Waals surface area contributed by atoms with Crippen LogP contribution in [0.1, 0.15) is 18.9 Å². The topological polar surface area (TPSA) is 84.8 Å². The molecule has 4 N–H and O–H groups in total. The summed E-state index contributed by atoms with van der Waals surface area (Å²) in [5, 5.41) is 20.9. The molecular formula is C15H24NO5+. The van der Waals surface area contributed by atoms with Crippen LogP contribution in [-0.4, -0.2) is 48.9 Å². The van der Waals surface area contributed by atoms with Crippen LogP contribution < -0.4 is 14.8 Å². The Labute approximate surface area is 124 Å². The number of benzene rings is 1. The zero-order valence-corrected chi connectivity index (χ0v) is 12.3. The Hall–Kier alpha value is -1.34. The van der Waals surface area contributed by atoms with Gasteiger partial charge in [0.25, 0.3) is 0 Å². The van der Waals surface area contributed by atoms with E-state index in [4.69, 9.17) is 19.3 Å². The number of fused-ring (bicyclic) bond motifs is 1. The first-order valence-electron chi connectivity index (χ1n) is 7.31. The molecule has 0 saturated carbocycles. The van der Waals surface area contributed by atoms with Crippen LogP contribution in [0.3, 0.4) is 0 Å². The molecule has 6 nitrogen and oxygen atoms in total. The van der Waals surface area contributed by atoms with Gasteiger partial charge in [0.05, 0.1) is 19.8 Å². The van der Waals surface area contributed by atoms with Crippen molar-refractivity contribution >= 4 is 0 Å². The van der Waals surface area contributed by atoms with Crippen molar-refractivity contribution in [2.24, 2.45) is 0 Å². The lowest BCUT2D eigenvalue weighted by atomic mass is 10.2. The first-order valence-corrected chi connectivity index (χ1v) is 7.31. The first kappa shape index (κ1) is 16.0. The van der Waals surface area contributed by atoms with Gasteiger partial charge < -0.3 is 29.7 Å². The maximum absolute atomic E-state index is 9.84. The molecule has 1 heterocycles. The van der Waals surface area contributed by atoms with Crippen molar-refractivity contribution in [3.8, 4) is 11.5 Å². The molecule has 1 aliphatic heterocycles. The molecule has 1 aromatic rings. The summed E-state index contributed by atoms with van der Waals surface area (Å²) in [7, 11) is 0. The fraction of sp³-hybridized carbons (Fsp3) is 0.600. The van der Waals surface area contributed by atoms with Gasteiger partial charge >= 0.3 is 0 Å². The molecule has 2 atom stereocenters. The van der Waals surface area contributed by atoms with Gasteiger partial charge in [-0.05, 0) is 24.1 Å². The number of hydrogen-bond acceptors (Lipinski definition) is 5. The highest BCUT2D eigenvalue weighted by molar-refractivity contribution is 5.44. The lowest BCUT2D eigenvalue weighted by molar-refractivity contribution is -0.696. The van der Waals surface area contributed by atoms with E-state index in [1.165, 1.54) is 0 Å². The summed E-state index contributed by atoms with van der Waals surface area (Å²) in [4.78, 5) is 0. The Bertz CT molecular complexity index is 436. The zero-order chi connectivity index (χ0) is 15.1. The number of aliphatic hydroxyl groups is 2. The molecule has 0 unspecified atom stereocenters. The van der Waals surface area contributed by atoms with Crippen LogP contribution in [0.2, 0.25) is 0 Å². The normalized spacial score (nSPS) is 16.0. The fourth-order valence-electron chi connectivity index (χ4n) is 2.13. The maximum atomic E-state index is 9.84. The van der Waals surface area contributed by atoms with Gasteiger partial charge in [0.1, 0.15) is 18.7 Å². The van der Waals surface area contributed by atoms with Crippen molar-refractivity contribution in [2.75, 3.05) is 26.6 Å². The first-order chi connectivity index (χ1) is 10.2. The molecule has 0 spiro atoms. The van der Waals surface area contributed by atoms with Crippen molar-refractivity contribution in [1.29, 1.82) is 0 Å². The lowest BCUT2D eigenvalue weighted by Gasteiger charge is -2.14. The summed E-state index contributed by atoms with van der Waals surface area (Å²) in [5.41, 5.74) is 0.984. The van der Waals surface area contributed by atoms with E-state index >= 15 is 0 Å². The Kier molecular flexibility index (Phi) is 6.25. The fourth-order valence-corrected chi connectivity index (χ4v) is 2.13. The minimum Gasteiger partial charge on any atom is -0.454 e. The van der Waals surface area contributed by atoms with Gasteiger partial charge in [-0.1, -0.05) is 13.0 Å². The minimum absolute atomic E-state index is 0.126.